The third-order valence-electron chi connectivity index (χ3n) is 4.82. The van der Waals surface area contributed by atoms with Crippen molar-refractivity contribution in [2.75, 3.05) is 32.5 Å². The van der Waals surface area contributed by atoms with Gasteiger partial charge in [0.2, 0.25) is 0 Å². The summed E-state index contributed by atoms with van der Waals surface area (Å²) >= 11 is 0. The zero-order valence-electron chi connectivity index (χ0n) is 15.0. The lowest BCUT2D eigenvalue weighted by molar-refractivity contribution is 0.201. The number of carbonyl (C=O) groups is 1. The van der Waals surface area contributed by atoms with Crippen molar-refractivity contribution < 1.29 is 4.79 Å². The molecule has 6 heteroatoms. The van der Waals surface area contributed by atoms with E-state index in [-0.39, 0.29) is 6.03 Å². The first-order valence-electron chi connectivity index (χ1n) is 8.59. The average molecular weight is 339 g/mol. The summed E-state index contributed by atoms with van der Waals surface area (Å²) in [7, 11) is 3.98. The zero-order chi connectivity index (χ0) is 17.8. The van der Waals surface area contributed by atoms with E-state index < -0.39 is 0 Å². The second-order valence-electron chi connectivity index (χ2n) is 6.76. The highest BCUT2D eigenvalue weighted by Crippen LogP contribution is 2.36. The molecule has 0 unspecified atom stereocenters. The summed E-state index contributed by atoms with van der Waals surface area (Å²) in [4.78, 5) is 25.0. The van der Waals surface area contributed by atoms with E-state index in [9.17, 15) is 4.79 Å². The van der Waals surface area contributed by atoms with Crippen LogP contribution < -0.4 is 5.32 Å². The van der Waals surface area contributed by atoms with Crippen LogP contribution in [-0.4, -0.2) is 53.0 Å². The monoisotopic (exact) mass is 339 g/mol. The van der Waals surface area contributed by atoms with Gasteiger partial charge in [-0.25, -0.2) is 4.79 Å². The van der Waals surface area contributed by atoms with Crippen molar-refractivity contribution in [3.63, 3.8) is 0 Å². The fraction of sp³-hybridized carbons (Fsp3) is 0.421. The summed E-state index contributed by atoms with van der Waals surface area (Å²) in [6, 6.07) is 8.04. The Balaban J connectivity index is 1.64. The Morgan fingerprint density at radius 1 is 1.36 bits per heavy atom. The Morgan fingerprint density at radius 2 is 2.20 bits per heavy atom. The van der Waals surface area contributed by atoms with Gasteiger partial charge in [-0.2, -0.15) is 0 Å². The summed E-state index contributed by atoms with van der Waals surface area (Å²) in [6.45, 7) is 3.66. The number of urea groups is 1. The second-order valence-corrected chi connectivity index (χ2v) is 6.76. The molecule has 2 aromatic rings. The quantitative estimate of drug-likeness (QED) is 0.930. The molecule has 1 saturated heterocycles. The van der Waals surface area contributed by atoms with Gasteiger partial charge in [0, 0.05) is 37.7 Å². The number of pyridine rings is 2. The summed E-state index contributed by atoms with van der Waals surface area (Å²) in [5, 5.41) is 2.91. The van der Waals surface area contributed by atoms with Crippen molar-refractivity contribution in [3.8, 4) is 0 Å². The number of hydrogen-bond donors (Lipinski definition) is 1. The molecule has 132 valence electrons. The molecule has 3 rings (SSSR count). The summed E-state index contributed by atoms with van der Waals surface area (Å²) in [6.07, 6.45) is 6.47. The Hall–Kier alpha value is -2.47. The van der Waals surface area contributed by atoms with E-state index in [2.05, 4.69) is 33.3 Å². The van der Waals surface area contributed by atoms with Crippen LogP contribution in [-0.2, 0) is 0 Å². The first-order valence-corrected chi connectivity index (χ1v) is 8.59. The maximum absolute atomic E-state index is 12.5. The van der Waals surface area contributed by atoms with E-state index in [0.29, 0.717) is 18.5 Å². The van der Waals surface area contributed by atoms with Crippen LogP contribution in [0.15, 0.2) is 42.9 Å². The molecule has 0 bridgehead atoms. The highest BCUT2D eigenvalue weighted by Gasteiger charge is 2.34. The second kappa shape index (κ2) is 7.61. The SMILES string of the molecule is Cc1ccc(NC(=O)N(C)C[C@@H]2CCN(C)[C@H]2c2cccnc2)cn1. The van der Waals surface area contributed by atoms with Gasteiger partial charge in [-0.15, -0.1) is 0 Å². The molecule has 1 N–H and O–H groups in total. The third kappa shape index (κ3) is 4.14. The molecule has 0 spiro atoms. The van der Waals surface area contributed by atoms with Gasteiger partial charge in [-0.1, -0.05) is 6.07 Å². The molecule has 2 amide bonds. The number of rotatable bonds is 4. The number of carbonyl (C=O) groups excluding carboxylic acids is 1. The molecule has 1 aliphatic rings. The highest BCUT2D eigenvalue weighted by atomic mass is 16.2. The number of amides is 2. The molecule has 2 atom stereocenters. The van der Waals surface area contributed by atoms with Crippen molar-refractivity contribution in [1.82, 2.24) is 19.8 Å². The number of aryl methyl sites for hydroxylation is 1. The third-order valence-corrected chi connectivity index (χ3v) is 4.82. The fourth-order valence-corrected chi connectivity index (χ4v) is 3.49. The number of hydrogen-bond acceptors (Lipinski definition) is 4. The van der Waals surface area contributed by atoms with Gasteiger partial charge >= 0.3 is 6.03 Å². The number of likely N-dealkylation sites (tertiary alicyclic amines) is 1. The zero-order valence-corrected chi connectivity index (χ0v) is 15.0. The van der Waals surface area contributed by atoms with Crippen LogP contribution >= 0.6 is 0 Å². The largest absolute Gasteiger partial charge is 0.327 e. The molecule has 25 heavy (non-hydrogen) atoms. The normalized spacial score (nSPS) is 20.4. The van der Waals surface area contributed by atoms with Crippen molar-refractivity contribution in [2.45, 2.75) is 19.4 Å². The van der Waals surface area contributed by atoms with Crippen LogP contribution in [0.4, 0.5) is 10.5 Å². The van der Waals surface area contributed by atoms with E-state index in [4.69, 9.17) is 0 Å². The minimum absolute atomic E-state index is 0.106. The molecule has 6 nitrogen and oxygen atoms in total. The minimum atomic E-state index is -0.106. The molecular weight excluding hydrogens is 314 g/mol. The molecule has 2 aromatic heterocycles. The van der Waals surface area contributed by atoms with E-state index in [1.165, 1.54) is 5.56 Å². The Bertz CT molecular complexity index is 704. The molecular formula is C19H25N5O. The van der Waals surface area contributed by atoms with Gasteiger partial charge in [0.1, 0.15) is 0 Å². The van der Waals surface area contributed by atoms with Crippen molar-refractivity contribution in [1.29, 1.82) is 0 Å². The lowest BCUT2D eigenvalue weighted by atomic mass is 9.94. The van der Waals surface area contributed by atoms with E-state index in [1.807, 2.05) is 38.4 Å². The highest BCUT2D eigenvalue weighted by molar-refractivity contribution is 5.88. The minimum Gasteiger partial charge on any atom is -0.327 e. The summed E-state index contributed by atoms with van der Waals surface area (Å²) in [5.74, 6) is 0.390. The topological polar surface area (TPSA) is 61.4 Å². The van der Waals surface area contributed by atoms with Crippen LogP contribution in [0, 0.1) is 12.8 Å². The van der Waals surface area contributed by atoms with E-state index in [0.717, 1.165) is 24.3 Å². The van der Waals surface area contributed by atoms with Gasteiger partial charge < -0.3 is 10.2 Å². The Kier molecular flexibility index (Phi) is 5.28. The Morgan fingerprint density at radius 3 is 2.88 bits per heavy atom. The number of anilines is 1. The van der Waals surface area contributed by atoms with Gasteiger partial charge in [0.25, 0.3) is 0 Å². The van der Waals surface area contributed by atoms with Gasteiger partial charge in [-0.3, -0.25) is 14.9 Å². The molecule has 0 aliphatic carbocycles. The van der Waals surface area contributed by atoms with Crippen molar-refractivity contribution in [2.24, 2.45) is 5.92 Å². The van der Waals surface area contributed by atoms with Crippen LogP contribution in [0.3, 0.4) is 0 Å². The molecule has 0 aromatic carbocycles. The van der Waals surface area contributed by atoms with Crippen LogP contribution in [0.2, 0.25) is 0 Å². The molecule has 3 heterocycles. The fourth-order valence-electron chi connectivity index (χ4n) is 3.49. The number of nitrogens with one attached hydrogen (secondary N) is 1. The first kappa shape index (κ1) is 17.4. The summed E-state index contributed by atoms with van der Waals surface area (Å²) < 4.78 is 0. The molecule has 1 fully saturated rings. The number of aromatic nitrogens is 2. The van der Waals surface area contributed by atoms with Crippen LogP contribution in [0.5, 0.6) is 0 Å². The Labute approximate surface area is 148 Å². The maximum atomic E-state index is 12.5. The van der Waals surface area contributed by atoms with E-state index in [1.54, 1.807) is 17.3 Å². The lowest BCUT2D eigenvalue weighted by Crippen LogP contribution is -2.37. The van der Waals surface area contributed by atoms with E-state index >= 15 is 0 Å². The predicted octanol–water partition coefficient (Wildman–Crippen LogP) is 2.94. The number of nitrogens with zero attached hydrogens (tertiary/aromatic N) is 4. The molecule has 0 radical (unpaired) electrons. The molecule has 1 aliphatic heterocycles. The van der Waals surface area contributed by atoms with Gasteiger partial charge in [0.15, 0.2) is 0 Å². The van der Waals surface area contributed by atoms with Gasteiger partial charge in [-0.05, 0) is 56.6 Å². The maximum Gasteiger partial charge on any atom is 0.321 e. The average Bonchev–Trinajstić information content (AvgIpc) is 2.98. The van der Waals surface area contributed by atoms with Gasteiger partial charge in [0.05, 0.1) is 11.9 Å². The molecule has 0 saturated carbocycles. The van der Waals surface area contributed by atoms with Crippen molar-refractivity contribution in [3.05, 3.63) is 54.1 Å². The van der Waals surface area contributed by atoms with Crippen LogP contribution in [0.1, 0.15) is 23.7 Å². The van der Waals surface area contributed by atoms with Crippen LogP contribution in [0.25, 0.3) is 0 Å². The van der Waals surface area contributed by atoms with Crippen molar-refractivity contribution >= 4 is 11.7 Å². The summed E-state index contributed by atoms with van der Waals surface area (Å²) in [5.41, 5.74) is 2.86. The smallest absolute Gasteiger partial charge is 0.321 e. The predicted molar refractivity (Wildman–Crippen MR) is 98.3 cm³/mol. The lowest BCUT2D eigenvalue weighted by Gasteiger charge is -2.28. The standard InChI is InChI=1S/C19H25N5O/c1-14-6-7-17(12-21-14)22-19(25)24(3)13-16-8-10-23(2)18(16)15-5-4-9-20-11-15/h4-7,9,11-12,16,18H,8,10,13H2,1-3H3,(H,22,25)/t16-,18-/m0/s1. The first-order chi connectivity index (χ1) is 12.0.